The number of aryl methyl sites for hydroxylation is 1. The lowest BCUT2D eigenvalue weighted by molar-refractivity contribution is 0.630. The van der Waals surface area contributed by atoms with E-state index in [1.165, 1.54) is 18.9 Å². The van der Waals surface area contributed by atoms with Gasteiger partial charge in [0.1, 0.15) is 5.65 Å². The van der Waals surface area contributed by atoms with E-state index in [0.717, 1.165) is 33.8 Å². The zero-order valence-corrected chi connectivity index (χ0v) is 14.6. The van der Waals surface area contributed by atoms with Crippen molar-refractivity contribution in [1.29, 1.82) is 0 Å². The Kier molecular flexibility index (Phi) is 3.25. The number of fused-ring (bicyclic) bond motifs is 2. The Morgan fingerprint density at radius 3 is 2.96 bits per heavy atom. The van der Waals surface area contributed by atoms with Crippen LogP contribution in [-0.2, 0) is 0 Å². The van der Waals surface area contributed by atoms with Gasteiger partial charge in [-0.15, -0.1) is 0 Å². The number of halogens is 1. The van der Waals surface area contributed by atoms with Gasteiger partial charge in [-0.25, -0.2) is 14.4 Å². The van der Waals surface area contributed by atoms with Crippen molar-refractivity contribution in [2.75, 3.05) is 5.32 Å². The molecule has 0 bridgehead atoms. The summed E-state index contributed by atoms with van der Waals surface area (Å²) in [5.41, 5.74) is 3.59. The summed E-state index contributed by atoms with van der Waals surface area (Å²) >= 11 is 0. The topological polar surface area (TPSA) is 70.9 Å². The molecular formula is C19H19FN6. The number of imidazole rings is 1. The second-order valence-corrected chi connectivity index (χ2v) is 7.10. The van der Waals surface area contributed by atoms with Gasteiger partial charge in [-0.05, 0) is 38.7 Å². The predicted octanol–water partition coefficient (Wildman–Crippen LogP) is 3.93. The van der Waals surface area contributed by atoms with Gasteiger partial charge in [-0.1, -0.05) is 0 Å². The molecule has 0 aliphatic heterocycles. The molecule has 0 saturated heterocycles. The fourth-order valence-corrected chi connectivity index (χ4v) is 3.44. The highest BCUT2D eigenvalue weighted by Gasteiger charge is 2.28. The molecule has 1 saturated carbocycles. The van der Waals surface area contributed by atoms with Crippen LogP contribution < -0.4 is 5.32 Å². The number of rotatable bonds is 4. The second kappa shape index (κ2) is 5.52. The Morgan fingerprint density at radius 1 is 1.31 bits per heavy atom. The minimum Gasteiger partial charge on any atom is -0.351 e. The summed E-state index contributed by atoms with van der Waals surface area (Å²) in [6, 6.07) is 1.88. The number of H-pyrrole nitrogens is 1. The monoisotopic (exact) mass is 350 g/mol. The molecule has 1 atom stereocenters. The molecule has 4 heterocycles. The minimum atomic E-state index is -0.345. The van der Waals surface area contributed by atoms with Gasteiger partial charge in [0.25, 0.3) is 0 Å². The first-order valence-corrected chi connectivity index (χ1v) is 8.84. The van der Waals surface area contributed by atoms with E-state index in [-0.39, 0.29) is 5.82 Å². The lowest BCUT2D eigenvalue weighted by Gasteiger charge is -2.12. The standard InChI is InChI=1S/C19H19FN6/c1-10-6-22-18-16(20)5-13(9-26(10)18)14-7-21-17-15(14)8-23-19(25-17)24-11(2)12-3-4-12/h5-9,11-12H,3-4H2,1-2H3,(H2,21,23,24,25). The molecule has 5 rings (SSSR count). The summed E-state index contributed by atoms with van der Waals surface area (Å²) < 4.78 is 16.2. The first-order valence-electron chi connectivity index (χ1n) is 8.84. The van der Waals surface area contributed by atoms with Crippen molar-refractivity contribution in [2.45, 2.75) is 32.7 Å². The highest BCUT2D eigenvalue weighted by Crippen LogP contribution is 2.34. The number of anilines is 1. The van der Waals surface area contributed by atoms with E-state index in [1.54, 1.807) is 16.8 Å². The molecule has 6 nitrogen and oxygen atoms in total. The molecule has 0 aromatic carbocycles. The third-order valence-corrected chi connectivity index (χ3v) is 5.17. The molecule has 1 aliphatic rings. The summed E-state index contributed by atoms with van der Waals surface area (Å²) in [5, 5.41) is 4.23. The van der Waals surface area contributed by atoms with Crippen LogP contribution in [-0.4, -0.2) is 30.4 Å². The molecule has 132 valence electrons. The fourth-order valence-electron chi connectivity index (χ4n) is 3.44. The summed E-state index contributed by atoms with van der Waals surface area (Å²) in [7, 11) is 0. The van der Waals surface area contributed by atoms with Gasteiger partial charge in [0.2, 0.25) is 5.95 Å². The van der Waals surface area contributed by atoms with Crippen molar-refractivity contribution in [3.05, 3.63) is 42.4 Å². The van der Waals surface area contributed by atoms with Gasteiger partial charge in [0.05, 0.1) is 0 Å². The first kappa shape index (κ1) is 15.3. The second-order valence-electron chi connectivity index (χ2n) is 7.10. The average Bonchev–Trinajstić information content (AvgIpc) is 3.30. The van der Waals surface area contributed by atoms with Crippen LogP contribution in [0.15, 0.2) is 30.9 Å². The van der Waals surface area contributed by atoms with E-state index in [2.05, 4.69) is 32.2 Å². The largest absolute Gasteiger partial charge is 0.351 e. The van der Waals surface area contributed by atoms with E-state index < -0.39 is 0 Å². The van der Waals surface area contributed by atoms with Crippen molar-refractivity contribution < 1.29 is 4.39 Å². The van der Waals surface area contributed by atoms with Crippen LogP contribution in [0.25, 0.3) is 27.8 Å². The number of aromatic amines is 1. The van der Waals surface area contributed by atoms with Gasteiger partial charge in [0, 0.05) is 53.0 Å². The molecule has 1 fully saturated rings. The van der Waals surface area contributed by atoms with E-state index >= 15 is 0 Å². The normalized spacial score (nSPS) is 15.7. The Hall–Kier alpha value is -2.96. The molecule has 0 spiro atoms. The molecule has 4 aromatic heterocycles. The quantitative estimate of drug-likeness (QED) is 0.585. The van der Waals surface area contributed by atoms with E-state index in [4.69, 9.17) is 0 Å². The maximum atomic E-state index is 14.4. The molecule has 1 unspecified atom stereocenters. The van der Waals surface area contributed by atoms with Gasteiger partial charge in [0.15, 0.2) is 11.5 Å². The van der Waals surface area contributed by atoms with Gasteiger partial charge < -0.3 is 14.7 Å². The van der Waals surface area contributed by atoms with Crippen LogP contribution in [0.3, 0.4) is 0 Å². The SMILES string of the molecule is Cc1cnc2c(F)cc(-c3c[nH]c4nc(NC(C)C5CC5)ncc34)cn12. The molecular weight excluding hydrogens is 331 g/mol. The Morgan fingerprint density at radius 2 is 2.15 bits per heavy atom. The van der Waals surface area contributed by atoms with Crippen LogP contribution in [0.2, 0.25) is 0 Å². The fraction of sp³-hybridized carbons (Fsp3) is 0.316. The minimum absolute atomic E-state index is 0.336. The molecule has 0 radical (unpaired) electrons. The van der Waals surface area contributed by atoms with Crippen molar-refractivity contribution >= 4 is 22.6 Å². The lowest BCUT2D eigenvalue weighted by atomic mass is 10.1. The number of hydrogen-bond acceptors (Lipinski definition) is 4. The van der Waals surface area contributed by atoms with E-state index in [1.807, 2.05) is 19.3 Å². The molecule has 0 amide bonds. The zero-order chi connectivity index (χ0) is 17.8. The number of hydrogen-bond donors (Lipinski definition) is 2. The molecule has 1 aliphatic carbocycles. The number of pyridine rings is 1. The highest BCUT2D eigenvalue weighted by molar-refractivity contribution is 5.93. The number of nitrogens with one attached hydrogen (secondary N) is 2. The highest BCUT2D eigenvalue weighted by atomic mass is 19.1. The van der Waals surface area contributed by atoms with E-state index in [0.29, 0.717) is 17.6 Å². The molecule has 26 heavy (non-hydrogen) atoms. The van der Waals surface area contributed by atoms with Crippen LogP contribution in [0, 0.1) is 18.7 Å². The maximum Gasteiger partial charge on any atom is 0.224 e. The van der Waals surface area contributed by atoms with Crippen molar-refractivity contribution in [2.24, 2.45) is 5.92 Å². The van der Waals surface area contributed by atoms with Crippen molar-refractivity contribution in [3.63, 3.8) is 0 Å². The Labute approximate surface area is 149 Å². The summed E-state index contributed by atoms with van der Waals surface area (Å²) in [5.74, 6) is 1.00. The van der Waals surface area contributed by atoms with Crippen molar-refractivity contribution in [1.82, 2.24) is 24.3 Å². The number of nitrogens with zero attached hydrogens (tertiary/aromatic N) is 4. The van der Waals surface area contributed by atoms with Crippen LogP contribution in [0.5, 0.6) is 0 Å². The van der Waals surface area contributed by atoms with Gasteiger partial charge in [-0.3, -0.25) is 0 Å². The lowest BCUT2D eigenvalue weighted by Crippen LogP contribution is -2.18. The van der Waals surface area contributed by atoms with Crippen LogP contribution in [0.4, 0.5) is 10.3 Å². The Bertz CT molecular complexity index is 1120. The number of aromatic nitrogens is 5. The smallest absolute Gasteiger partial charge is 0.224 e. The van der Waals surface area contributed by atoms with Crippen molar-refractivity contribution in [3.8, 4) is 11.1 Å². The Balaban J connectivity index is 1.56. The summed E-state index contributed by atoms with van der Waals surface area (Å²) in [6.07, 6.45) is 9.74. The first-order chi connectivity index (χ1) is 12.6. The maximum absolute atomic E-state index is 14.4. The zero-order valence-electron chi connectivity index (χ0n) is 14.6. The molecule has 4 aromatic rings. The van der Waals surface area contributed by atoms with Gasteiger partial charge in [-0.2, -0.15) is 4.98 Å². The molecule has 2 N–H and O–H groups in total. The predicted molar refractivity (Wildman–Crippen MR) is 98.6 cm³/mol. The van der Waals surface area contributed by atoms with Gasteiger partial charge >= 0.3 is 0 Å². The summed E-state index contributed by atoms with van der Waals surface area (Å²) in [4.78, 5) is 16.3. The third kappa shape index (κ3) is 2.42. The average molecular weight is 350 g/mol. The van der Waals surface area contributed by atoms with Crippen LogP contribution >= 0.6 is 0 Å². The van der Waals surface area contributed by atoms with Crippen LogP contribution in [0.1, 0.15) is 25.5 Å². The van der Waals surface area contributed by atoms with E-state index in [9.17, 15) is 4.39 Å². The molecule has 7 heteroatoms. The third-order valence-electron chi connectivity index (χ3n) is 5.17. The summed E-state index contributed by atoms with van der Waals surface area (Å²) in [6.45, 7) is 4.07.